The van der Waals surface area contributed by atoms with Gasteiger partial charge in [-0.2, -0.15) is 0 Å². The maximum absolute atomic E-state index is 11.3. The van der Waals surface area contributed by atoms with Crippen molar-refractivity contribution in [2.75, 3.05) is 12.8 Å². The summed E-state index contributed by atoms with van der Waals surface area (Å²) in [6.45, 7) is 0.749. The second-order valence-corrected chi connectivity index (χ2v) is 6.22. The lowest BCUT2D eigenvalue weighted by atomic mass is 10.1. The lowest BCUT2D eigenvalue weighted by Gasteiger charge is -2.02. The van der Waals surface area contributed by atoms with Gasteiger partial charge in [0.15, 0.2) is 5.16 Å². The number of thioether (sulfide) groups is 1. The molecular weight excluding hydrogens is 278 g/mol. The van der Waals surface area contributed by atoms with Crippen LogP contribution in [0.5, 0.6) is 0 Å². The molecule has 0 radical (unpaired) electrons. The van der Waals surface area contributed by atoms with E-state index in [4.69, 9.17) is 0 Å². The third-order valence-corrected chi connectivity index (χ3v) is 4.91. The van der Waals surface area contributed by atoms with Crippen molar-refractivity contribution in [3.05, 3.63) is 29.3 Å². The molecule has 1 unspecified atom stereocenters. The maximum Gasteiger partial charge on any atom is 0.220 e. The summed E-state index contributed by atoms with van der Waals surface area (Å²) in [5, 5.41) is 3.66. The second kappa shape index (κ2) is 5.30. The summed E-state index contributed by atoms with van der Waals surface area (Å²) in [6, 6.07) is 6.11. The number of amides is 1. The highest BCUT2D eigenvalue weighted by molar-refractivity contribution is 7.98. The van der Waals surface area contributed by atoms with Gasteiger partial charge in [-0.3, -0.25) is 4.79 Å². The average molecular weight is 291 g/mol. The third-order valence-electron chi connectivity index (χ3n) is 3.08. The van der Waals surface area contributed by atoms with Crippen LogP contribution < -0.4 is 5.32 Å². The van der Waals surface area contributed by atoms with Gasteiger partial charge in [-0.1, -0.05) is 11.8 Å². The van der Waals surface area contributed by atoms with E-state index in [1.807, 2.05) is 12.3 Å². The number of aromatic nitrogens is 2. The molecule has 0 bridgehead atoms. The first-order valence-corrected chi connectivity index (χ1v) is 8.04. The molecule has 1 amide bonds. The van der Waals surface area contributed by atoms with Crippen molar-refractivity contribution in [2.45, 2.75) is 17.5 Å². The summed E-state index contributed by atoms with van der Waals surface area (Å²) in [6.07, 6.45) is 4.35. The Bertz CT molecular complexity index is 611. The molecule has 6 heteroatoms. The van der Waals surface area contributed by atoms with E-state index >= 15 is 0 Å². The highest BCUT2D eigenvalue weighted by Crippen LogP contribution is 2.34. The highest BCUT2D eigenvalue weighted by atomic mass is 32.2. The molecule has 1 aliphatic rings. The predicted molar refractivity (Wildman–Crippen MR) is 77.5 cm³/mol. The highest BCUT2D eigenvalue weighted by Gasteiger charge is 2.24. The molecule has 3 rings (SSSR count). The van der Waals surface area contributed by atoms with Crippen LogP contribution in [0.4, 0.5) is 0 Å². The molecule has 0 spiro atoms. The van der Waals surface area contributed by atoms with Gasteiger partial charge in [0.1, 0.15) is 0 Å². The topological polar surface area (TPSA) is 54.9 Å². The molecule has 1 saturated heterocycles. The van der Waals surface area contributed by atoms with Crippen LogP contribution in [-0.2, 0) is 4.79 Å². The molecule has 0 saturated carbocycles. The molecule has 0 aromatic carbocycles. The summed E-state index contributed by atoms with van der Waals surface area (Å²) < 4.78 is 0. The Morgan fingerprint density at radius 3 is 3.05 bits per heavy atom. The van der Waals surface area contributed by atoms with E-state index in [9.17, 15) is 4.79 Å². The van der Waals surface area contributed by atoms with Crippen molar-refractivity contribution in [1.29, 1.82) is 0 Å². The number of rotatable bonds is 3. The number of thiophene rings is 1. The van der Waals surface area contributed by atoms with Crippen molar-refractivity contribution in [3.63, 3.8) is 0 Å². The largest absolute Gasteiger partial charge is 0.355 e. The molecule has 2 aromatic heterocycles. The van der Waals surface area contributed by atoms with Crippen molar-refractivity contribution in [1.82, 2.24) is 15.3 Å². The van der Waals surface area contributed by atoms with Crippen LogP contribution in [0.3, 0.4) is 0 Å². The number of hydrogen-bond acceptors (Lipinski definition) is 5. The van der Waals surface area contributed by atoms with Crippen molar-refractivity contribution in [3.8, 4) is 10.6 Å². The zero-order valence-electron chi connectivity index (χ0n) is 10.4. The fourth-order valence-electron chi connectivity index (χ4n) is 2.09. The van der Waals surface area contributed by atoms with Gasteiger partial charge in [-0.15, -0.1) is 11.3 Å². The van der Waals surface area contributed by atoms with E-state index in [-0.39, 0.29) is 5.91 Å². The first-order valence-electron chi connectivity index (χ1n) is 6.00. The molecule has 1 atom stereocenters. The molecule has 19 heavy (non-hydrogen) atoms. The molecule has 0 aliphatic carbocycles. The minimum absolute atomic E-state index is 0.145. The van der Waals surface area contributed by atoms with E-state index < -0.39 is 0 Å². The number of carbonyl (C=O) groups is 1. The van der Waals surface area contributed by atoms with Crippen LogP contribution >= 0.6 is 23.1 Å². The van der Waals surface area contributed by atoms with Crippen molar-refractivity contribution < 1.29 is 4.79 Å². The predicted octanol–water partition coefficient (Wildman–Crippen LogP) is 2.53. The zero-order chi connectivity index (χ0) is 13.2. The van der Waals surface area contributed by atoms with Gasteiger partial charge in [0.2, 0.25) is 5.91 Å². The summed E-state index contributed by atoms with van der Waals surface area (Å²) in [5.41, 5.74) is 0.952. The molecule has 1 aliphatic heterocycles. The Morgan fingerprint density at radius 2 is 2.32 bits per heavy atom. The molecule has 1 N–H and O–H groups in total. The zero-order valence-corrected chi connectivity index (χ0v) is 12.1. The maximum atomic E-state index is 11.3. The van der Waals surface area contributed by atoms with Gasteiger partial charge in [0, 0.05) is 30.0 Å². The third kappa shape index (κ3) is 2.64. The Hall–Kier alpha value is -1.40. The Kier molecular flexibility index (Phi) is 3.52. The van der Waals surface area contributed by atoms with Crippen molar-refractivity contribution in [2.24, 2.45) is 0 Å². The lowest BCUT2D eigenvalue weighted by Crippen LogP contribution is -2.13. The average Bonchev–Trinajstić information content (AvgIpc) is 3.07. The number of hydrogen-bond donors (Lipinski definition) is 1. The minimum Gasteiger partial charge on any atom is -0.355 e. The SMILES string of the molecule is CSc1nccc(-c2ccc(C3CNC(=O)C3)s2)n1. The number of nitrogens with one attached hydrogen (secondary N) is 1. The standard InChI is InChI=1S/C13H13N3OS2/c1-18-13-14-5-4-9(16-13)11-3-2-10(19-11)8-6-12(17)15-7-8/h2-5,8H,6-7H2,1H3,(H,15,17). The smallest absolute Gasteiger partial charge is 0.220 e. The fraction of sp³-hybridized carbons (Fsp3) is 0.308. The van der Waals surface area contributed by atoms with Crippen molar-refractivity contribution >= 4 is 29.0 Å². The summed E-state index contributed by atoms with van der Waals surface area (Å²) in [5.74, 6) is 0.458. The van der Waals surface area contributed by atoms with E-state index in [0.717, 1.165) is 22.3 Å². The second-order valence-electron chi connectivity index (χ2n) is 4.34. The van der Waals surface area contributed by atoms with Gasteiger partial charge in [-0.05, 0) is 24.5 Å². The molecule has 2 aromatic rings. The fourth-order valence-corrected chi connectivity index (χ4v) is 3.53. The minimum atomic E-state index is 0.145. The molecule has 4 nitrogen and oxygen atoms in total. The normalized spacial score (nSPS) is 18.6. The number of nitrogens with zero attached hydrogens (tertiary/aromatic N) is 2. The first-order chi connectivity index (χ1) is 9.26. The van der Waals surface area contributed by atoms with Gasteiger partial charge in [-0.25, -0.2) is 9.97 Å². The first kappa shape index (κ1) is 12.6. The Labute approximate surface area is 119 Å². The summed E-state index contributed by atoms with van der Waals surface area (Å²) >= 11 is 3.25. The molecule has 98 valence electrons. The lowest BCUT2D eigenvalue weighted by molar-refractivity contribution is -0.119. The van der Waals surface area contributed by atoms with Crippen LogP contribution in [0, 0.1) is 0 Å². The van der Waals surface area contributed by atoms with Crippen LogP contribution in [-0.4, -0.2) is 28.7 Å². The van der Waals surface area contributed by atoms with Crippen LogP contribution in [0.25, 0.3) is 10.6 Å². The Balaban J connectivity index is 1.86. The van der Waals surface area contributed by atoms with Gasteiger partial charge < -0.3 is 5.32 Å². The van der Waals surface area contributed by atoms with Crippen LogP contribution in [0.1, 0.15) is 17.2 Å². The van der Waals surface area contributed by atoms with E-state index in [1.54, 1.807) is 17.5 Å². The quantitative estimate of drug-likeness (QED) is 0.697. The Morgan fingerprint density at radius 1 is 1.42 bits per heavy atom. The summed E-state index contributed by atoms with van der Waals surface area (Å²) in [7, 11) is 0. The summed E-state index contributed by atoms with van der Waals surface area (Å²) in [4.78, 5) is 22.3. The van der Waals surface area contributed by atoms with E-state index in [1.165, 1.54) is 16.6 Å². The molecule has 1 fully saturated rings. The van der Waals surface area contributed by atoms with E-state index in [0.29, 0.717) is 12.3 Å². The van der Waals surface area contributed by atoms with Gasteiger partial charge >= 0.3 is 0 Å². The van der Waals surface area contributed by atoms with Crippen LogP contribution in [0.15, 0.2) is 29.6 Å². The van der Waals surface area contributed by atoms with Crippen LogP contribution in [0.2, 0.25) is 0 Å². The molecule has 3 heterocycles. The monoisotopic (exact) mass is 291 g/mol. The molecular formula is C13H13N3OS2. The number of carbonyl (C=O) groups excluding carboxylic acids is 1. The van der Waals surface area contributed by atoms with E-state index in [2.05, 4.69) is 27.4 Å². The van der Waals surface area contributed by atoms with Gasteiger partial charge in [0.25, 0.3) is 0 Å². The van der Waals surface area contributed by atoms with Gasteiger partial charge in [0.05, 0.1) is 10.6 Å².